The molecule has 2 heterocycles. The van der Waals surface area contributed by atoms with Crippen molar-refractivity contribution in [1.29, 1.82) is 0 Å². The summed E-state index contributed by atoms with van der Waals surface area (Å²) in [5, 5.41) is 6.84. The van der Waals surface area contributed by atoms with Crippen LogP contribution in [0.4, 0.5) is 0 Å². The fourth-order valence-electron chi connectivity index (χ4n) is 1.65. The van der Waals surface area contributed by atoms with Crippen LogP contribution in [0.15, 0.2) is 29.0 Å². The number of amides is 1. The van der Waals surface area contributed by atoms with Gasteiger partial charge in [-0.05, 0) is 25.6 Å². The van der Waals surface area contributed by atoms with Gasteiger partial charge in [0.1, 0.15) is 4.88 Å². The maximum absolute atomic E-state index is 11.9. The average molecular weight is 352 g/mol. The van der Waals surface area contributed by atoms with Crippen LogP contribution in [0.1, 0.15) is 23.5 Å². The minimum atomic E-state index is -0.0972. The zero-order chi connectivity index (χ0) is 13.7. The Morgan fingerprint density at radius 3 is 2.86 bits per heavy atom. The summed E-state index contributed by atoms with van der Waals surface area (Å²) < 4.78 is 5.25. The molecule has 5 nitrogen and oxygen atoms in total. The molecule has 0 aliphatic carbocycles. The van der Waals surface area contributed by atoms with Crippen LogP contribution in [0.2, 0.25) is 0 Å². The van der Waals surface area contributed by atoms with Gasteiger partial charge >= 0.3 is 0 Å². The van der Waals surface area contributed by atoms with Crippen molar-refractivity contribution in [3.8, 4) is 10.8 Å². The number of halogens is 2. The van der Waals surface area contributed by atoms with E-state index in [-0.39, 0.29) is 36.8 Å². The molecule has 0 aliphatic rings. The molecule has 1 amide bonds. The molecule has 0 aliphatic heterocycles. The highest BCUT2D eigenvalue weighted by atomic mass is 35.5. The third kappa shape index (κ3) is 5.67. The molecule has 0 saturated heterocycles. The van der Waals surface area contributed by atoms with Gasteiger partial charge in [-0.15, -0.1) is 36.2 Å². The number of nitrogens with one attached hydrogen (secondary N) is 2. The van der Waals surface area contributed by atoms with Gasteiger partial charge in [0, 0.05) is 12.6 Å². The number of hydrogen-bond donors (Lipinski definition) is 2. The van der Waals surface area contributed by atoms with Crippen LogP contribution in [-0.2, 0) is 0 Å². The molecule has 2 N–H and O–H groups in total. The third-order valence-electron chi connectivity index (χ3n) is 2.58. The van der Waals surface area contributed by atoms with Crippen LogP contribution in [0.3, 0.4) is 0 Å². The summed E-state index contributed by atoms with van der Waals surface area (Å²) in [7, 11) is 0. The molecule has 21 heavy (non-hydrogen) atoms. The lowest BCUT2D eigenvalue weighted by Crippen LogP contribution is -2.38. The molecule has 1 atom stereocenters. The minimum absolute atomic E-state index is 0. The van der Waals surface area contributed by atoms with Crippen LogP contribution in [0.25, 0.3) is 10.8 Å². The summed E-state index contributed by atoms with van der Waals surface area (Å²) in [6.45, 7) is 5.56. The Morgan fingerprint density at radius 2 is 2.24 bits per heavy atom. The van der Waals surface area contributed by atoms with Crippen LogP contribution in [-0.4, -0.2) is 30.0 Å². The first-order valence-electron chi connectivity index (χ1n) is 6.22. The van der Waals surface area contributed by atoms with Crippen LogP contribution >= 0.6 is 36.2 Å². The molecule has 2 rings (SSSR count). The van der Waals surface area contributed by atoms with Crippen molar-refractivity contribution in [3.63, 3.8) is 0 Å². The second kappa shape index (κ2) is 9.78. The molecule has 0 unspecified atom stereocenters. The van der Waals surface area contributed by atoms with Crippen molar-refractivity contribution in [3.05, 3.63) is 29.5 Å². The first kappa shape index (κ1) is 19.9. The van der Waals surface area contributed by atoms with Crippen molar-refractivity contribution < 1.29 is 9.21 Å². The van der Waals surface area contributed by atoms with Gasteiger partial charge in [-0.3, -0.25) is 4.79 Å². The standard InChI is InChI=1S/C13H17N3O2S.2ClH/c1-3-14-9(2)7-15-12(17)11-8-16-13(19-11)10-5-4-6-18-10;;/h4-6,8-9,14H,3,7H2,1-2H3,(H,15,17);2*1H/t9-;;/m1../s1. The smallest absolute Gasteiger partial charge is 0.263 e. The van der Waals surface area contributed by atoms with Gasteiger partial charge in [0.2, 0.25) is 0 Å². The average Bonchev–Trinajstić information content (AvgIpc) is 3.06. The molecule has 0 saturated carbocycles. The summed E-state index contributed by atoms with van der Waals surface area (Å²) in [5.74, 6) is 0.588. The maximum Gasteiger partial charge on any atom is 0.263 e. The number of aromatic nitrogens is 1. The SMILES string of the molecule is CCN[C@H](C)CNC(=O)c1cnc(-c2ccco2)s1.Cl.Cl. The predicted molar refractivity (Wildman–Crippen MR) is 89.8 cm³/mol. The largest absolute Gasteiger partial charge is 0.462 e. The monoisotopic (exact) mass is 351 g/mol. The lowest BCUT2D eigenvalue weighted by atomic mass is 10.3. The van der Waals surface area contributed by atoms with E-state index in [9.17, 15) is 4.79 Å². The van der Waals surface area contributed by atoms with Crippen LogP contribution in [0.5, 0.6) is 0 Å². The highest BCUT2D eigenvalue weighted by Gasteiger charge is 2.13. The van der Waals surface area contributed by atoms with Crippen molar-refractivity contribution in [2.45, 2.75) is 19.9 Å². The number of thiazole rings is 1. The van der Waals surface area contributed by atoms with E-state index in [1.54, 1.807) is 18.5 Å². The first-order chi connectivity index (χ1) is 9.20. The molecule has 2 aromatic rings. The van der Waals surface area contributed by atoms with Crippen LogP contribution < -0.4 is 10.6 Å². The zero-order valence-electron chi connectivity index (χ0n) is 11.8. The predicted octanol–water partition coefficient (Wildman–Crippen LogP) is 2.97. The van der Waals surface area contributed by atoms with Gasteiger partial charge in [-0.25, -0.2) is 4.98 Å². The zero-order valence-corrected chi connectivity index (χ0v) is 14.2. The Balaban J connectivity index is 0.00000200. The van der Waals surface area contributed by atoms with E-state index in [1.807, 2.05) is 19.9 Å². The molecule has 0 fully saturated rings. The quantitative estimate of drug-likeness (QED) is 0.839. The van der Waals surface area contributed by atoms with Gasteiger partial charge in [0.05, 0.1) is 12.5 Å². The number of carbonyl (C=O) groups is 1. The number of carbonyl (C=O) groups excluding carboxylic acids is 1. The maximum atomic E-state index is 11.9. The second-order valence-corrected chi connectivity index (χ2v) is 5.21. The second-order valence-electron chi connectivity index (χ2n) is 4.18. The first-order valence-corrected chi connectivity index (χ1v) is 7.03. The molecular formula is C13H19Cl2N3O2S. The highest BCUT2D eigenvalue weighted by Crippen LogP contribution is 2.25. The molecule has 0 radical (unpaired) electrons. The lowest BCUT2D eigenvalue weighted by Gasteiger charge is -2.12. The summed E-state index contributed by atoms with van der Waals surface area (Å²) >= 11 is 1.33. The van der Waals surface area contributed by atoms with Gasteiger partial charge in [0.15, 0.2) is 10.8 Å². The van der Waals surface area contributed by atoms with Gasteiger partial charge in [-0.2, -0.15) is 0 Å². The Hall–Kier alpha value is -1.08. The number of rotatable bonds is 6. The Kier molecular flexibility index (Phi) is 9.28. The molecule has 2 aromatic heterocycles. The Labute approximate surface area is 140 Å². The van der Waals surface area contributed by atoms with Gasteiger partial charge < -0.3 is 15.1 Å². The van der Waals surface area contributed by atoms with Crippen molar-refractivity contribution in [1.82, 2.24) is 15.6 Å². The Bertz CT molecular complexity index is 531. The molecule has 0 spiro atoms. The number of furan rings is 1. The minimum Gasteiger partial charge on any atom is -0.462 e. The van der Waals surface area contributed by atoms with Crippen LogP contribution in [0, 0.1) is 0 Å². The van der Waals surface area contributed by atoms with E-state index >= 15 is 0 Å². The fourth-order valence-corrected chi connectivity index (χ4v) is 2.45. The highest BCUT2D eigenvalue weighted by molar-refractivity contribution is 7.16. The molecular weight excluding hydrogens is 333 g/mol. The summed E-state index contributed by atoms with van der Waals surface area (Å²) in [6.07, 6.45) is 3.17. The van der Waals surface area contributed by atoms with Gasteiger partial charge in [0.25, 0.3) is 5.91 Å². The lowest BCUT2D eigenvalue weighted by molar-refractivity contribution is 0.0954. The fraction of sp³-hybridized carbons (Fsp3) is 0.385. The third-order valence-corrected chi connectivity index (χ3v) is 3.59. The van der Waals surface area contributed by atoms with E-state index in [2.05, 4.69) is 15.6 Å². The topological polar surface area (TPSA) is 67.2 Å². The number of hydrogen-bond acceptors (Lipinski definition) is 5. The Morgan fingerprint density at radius 1 is 1.48 bits per heavy atom. The molecule has 0 aromatic carbocycles. The van der Waals surface area contributed by atoms with E-state index in [0.717, 1.165) is 11.6 Å². The van der Waals surface area contributed by atoms with E-state index in [0.29, 0.717) is 17.2 Å². The summed E-state index contributed by atoms with van der Waals surface area (Å²) in [6, 6.07) is 3.88. The molecule has 118 valence electrons. The molecule has 8 heteroatoms. The summed E-state index contributed by atoms with van der Waals surface area (Å²) in [4.78, 5) is 16.7. The van der Waals surface area contributed by atoms with E-state index in [1.165, 1.54) is 11.3 Å². The molecule has 0 bridgehead atoms. The van der Waals surface area contributed by atoms with Crippen molar-refractivity contribution >= 4 is 42.1 Å². The van der Waals surface area contributed by atoms with E-state index < -0.39 is 0 Å². The number of likely N-dealkylation sites (N-methyl/N-ethyl adjacent to an activating group) is 1. The van der Waals surface area contributed by atoms with E-state index in [4.69, 9.17) is 4.42 Å². The summed E-state index contributed by atoms with van der Waals surface area (Å²) in [5.41, 5.74) is 0. The van der Waals surface area contributed by atoms with Crippen molar-refractivity contribution in [2.75, 3.05) is 13.1 Å². The number of nitrogens with zero attached hydrogens (tertiary/aromatic N) is 1. The normalized spacial score (nSPS) is 11.1. The van der Waals surface area contributed by atoms with Gasteiger partial charge in [-0.1, -0.05) is 6.92 Å². The van der Waals surface area contributed by atoms with Crippen molar-refractivity contribution in [2.24, 2.45) is 0 Å².